The van der Waals surface area contributed by atoms with Crippen LogP contribution in [0.3, 0.4) is 0 Å². The Kier molecular flexibility index (Phi) is 4.06. The number of anilines is 1. The predicted molar refractivity (Wildman–Crippen MR) is 78.6 cm³/mol. The van der Waals surface area contributed by atoms with Crippen LogP contribution in [0.2, 0.25) is 0 Å². The minimum Gasteiger partial charge on any atom is -0.263 e. The van der Waals surface area contributed by atoms with Crippen LogP contribution in [0, 0.1) is 18.3 Å². The van der Waals surface area contributed by atoms with Crippen LogP contribution < -0.4 is 4.72 Å². The molecule has 2 rings (SSSR count). The van der Waals surface area contributed by atoms with Gasteiger partial charge >= 0.3 is 0 Å². The summed E-state index contributed by atoms with van der Waals surface area (Å²) in [5.41, 5.74) is 0.855. The second-order valence-corrected chi connectivity index (χ2v) is 6.63. The summed E-state index contributed by atoms with van der Waals surface area (Å²) in [6.45, 7) is 1.67. The van der Waals surface area contributed by atoms with E-state index >= 15 is 0 Å². The van der Waals surface area contributed by atoms with Crippen molar-refractivity contribution in [2.24, 2.45) is 0 Å². The molecule has 0 unspecified atom stereocenters. The molecule has 0 aliphatic rings. The van der Waals surface area contributed by atoms with Crippen molar-refractivity contribution in [1.82, 2.24) is 4.98 Å². The highest BCUT2D eigenvalue weighted by Gasteiger charge is 2.18. The number of sulfonamides is 1. The highest BCUT2D eigenvalue weighted by molar-refractivity contribution is 9.10. The smallest absolute Gasteiger partial charge is 0.263 e. The van der Waals surface area contributed by atoms with E-state index in [1.807, 2.05) is 6.07 Å². The Bertz CT molecular complexity index is 780. The van der Waals surface area contributed by atoms with Gasteiger partial charge in [0.1, 0.15) is 5.82 Å². The summed E-state index contributed by atoms with van der Waals surface area (Å²) in [4.78, 5) is 4.03. The van der Waals surface area contributed by atoms with Gasteiger partial charge in [-0.15, -0.1) is 0 Å². The number of nitrogens with zero attached hydrogens (tertiary/aromatic N) is 2. The van der Waals surface area contributed by atoms with E-state index in [1.165, 1.54) is 12.3 Å². The van der Waals surface area contributed by atoms with Crippen LogP contribution in [0.15, 0.2) is 45.9 Å². The second kappa shape index (κ2) is 5.61. The second-order valence-electron chi connectivity index (χ2n) is 4.06. The van der Waals surface area contributed by atoms with Crippen molar-refractivity contribution < 1.29 is 8.42 Å². The molecule has 0 atom stereocenters. The van der Waals surface area contributed by atoms with E-state index in [9.17, 15) is 8.42 Å². The minimum atomic E-state index is -3.77. The maximum Gasteiger partial charge on any atom is 0.263 e. The zero-order chi connectivity index (χ0) is 14.8. The number of hydrogen-bond donors (Lipinski definition) is 1. The molecule has 7 heteroatoms. The maximum absolute atomic E-state index is 12.3. The lowest BCUT2D eigenvalue weighted by atomic mass is 10.2. The molecule has 0 saturated heterocycles. The van der Waals surface area contributed by atoms with Gasteiger partial charge in [0.05, 0.1) is 16.5 Å². The van der Waals surface area contributed by atoms with E-state index in [0.717, 1.165) is 4.47 Å². The van der Waals surface area contributed by atoms with Crippen LogP contribution in [-0.4, -0.2) is 13.4 Å². The molecule has 0 aliphatic carbocycles. The van der Waals surface area contributed by atoms with Crippen molar-refractivity contribution in [3.63, 3.8) is 0 Å². The highest BCUT2D eigenvalue weighted by atomic mass is 79.9. The molecular weight excluding hydrogens is 342 g/mol. The van der Waals surface area contributed by atoms with Crippen molar-refractivity contribution >= 4 is 31.8 Å². The van der Waals surface area contributed by atoms with Gasteiger partial charge in [-0.2, -0.15) is 5.26 Å². The van der Waals surface area contributed by atoms with Gasteiger partial charge in [0.25, 0.3) is 10.0 Å². The first-order chi connectivity index (χ1) is 9.42. The predicted octanol–water partition coefficient (Wildman–Crippen LogP) is 2.83. The molecule has 5 nitrogen and oxygen atoms in total. The summed E-state index contributed by atoms with van der Waals surface area (Å²) in [5.74, 6) is 0.218. The first kappa shape index (κ1) is 14.5. The van der Waals surface area contributed by atoms with Gasteiger partial charge in [-0.25, -0.2) is 13.4 Å². The number of nitrogens with one attached hydrogen (secondary N) is 1. The minimum absolute atomic E-state index is 0.0706. The summed E-state index contributed by atoms with van der Waals surface area (Å²) in [6.07, 6.45) is 1.50. The van der Waals surface area contributed by atoms with Gasteiger partial charge < -0.3 is 0 Å². The van der Waals surface area contributed by atoms with Gasteiger partial charge in [0.15, 0.2) is 0 Å². The van der Waals surface area contributed by atoms with Crippen LogP contribution in [-0.2, 0) is 10.0 Å². The number of rotatable bonds is 3. The third-order valence-electron chi connectivity index (χ3n) is 2.57. The molecular formula is C13H10BrN3O2S. The first-order valence-electron chi connectivity index (χ1n) is 5.57. The monoisotopic (exact) mass is 351 g/mol. The molecule has 1 aromatic heterocycles. The SMILES string of the molecule is Cc1ccc(C#N)cc1S(=O)(=O)Nc1ccc(Br)cn1. The molecule has 102 valence electrons. The van der Waals surface area contributed by atoms with Gasteiger partial charge in [-0.05, 0) is 52.7 Å². The first-order valence-corrected chi connectivity index (χ1v) is 7.85. The number of pyridine rings is 1. The average molecular weight is 352 g/mol. The Balaban J connectivity index is 2.40. The number of hydrogen-bond acceptors (Lipinski definition) is 4. The lowest BCUT2D eigenvalue weighted by Crippen LogP contribution is -2.15. The standard InChI is InChI=1S/C13H10BrN3O2S/c1-9-2-3-10(7-15)6-12(9)20(18,19)17-13-5-4-11(14)8-16-13/h2-6,8H,1H3,(H,16,17). The lowest BCUT2D eigenvalue weighted by molar-refractivity contribution is 0.600. The van der Waals surface area contributed by atoms with Crippen molar-refractivity contribution in [2.45, 2.75) is 11.8 Å². The Morgan fingerprint density at radius 1 is 1.30 bits per heavy atom. The molecule has 0 spiro atoms. The van der Waals surface area contributed by atoms with E-state index in [1.54, 1.807) is 31.2 Å². The molecule has 0 radical (unpaired) electrons. The highest BCUT2D eigenvalue weighted by Crippen LogP contribution is 2.20. The number of halogens is 1. The van der Waals surface area contributed by atoms with Gasteiger partial charge in [0, 0.05) is 10.7 Å². The molecule has 1 N–H and O–H groups in total. The fourth-order valence-corrected chi connectivity index (χ4v) is 3.10. The number of benzene rings is 1. The van der Waals surface area contributed by atoms with E-state index in [2.05, 4.69) is 25.6 Å². The van der Waals surface area contributed by atoms with Gasteiger partial charge in [-0.3, -0.25) is 4.72 Å². The van der Waals surface area contributed by atoms with E-state index in [-0.39, 0.29) is 10.7 Å². The third-order valence-corrected chi connectivity index (χ3v) is 4.54. The molecule has 1 heterocycles. The van der Waals surface area contributed by atoms with E-state index in [0.29, 0.717) is 11.1 Å². The Morgan fingerprint density at radius 3 is 2.65 bits per heavy atom. The molecule has 0 aliphatic heterocycles. The van der Waals surface area contributed by atoms with E-state index in [4.69, 9.17) is 5.26 Å². The molecule has 1 aromatic carbocycles. The zero-order valence-corrected chi connectivity index (χ0v) is 12.9. The summed E-state index contributed by atoms with van der Waals surface area (Å²) in [6, 6.07) is 9.67. The van der Waals surface area contributed by atoms with Crippen LogP contribution in [0.25, 0.3) is 0 Å². The van der Waals surface area contributed by atoms with Crippen molar-refractivity contribution in [1.29, 1.82) is 5.26 Å². The Labute approximate surface area is 125 Å². The summed E-state index contributed by atoms with van der Waals surface area (Å²) in [7, 11) is -3.77. The fraction of sp³-hybridized carbons (Fsp3) is 0.0769. The number of aryl methyl sites for hydroxylation is 1. The summed E-state index contributed by atoms with van der Waals surface area (Å²) < 4.78 is 27.7. The van der Waals surface area contributed by atoms with E-state index < -0.39 is 10.0 Å². The third kappa shape index (κ3) is 3.15. The summed E-state index contributed by atoms with van der Waals surface area (Å²) in [5, 5.41) is 8.86. The zero-order valence-electron chi connectivity index (χ0n) is 10.5. The number of nitriles is 1. The quantitative estimate of drug-likeness (QED) is 0.921. The molecule has 20 heavy (non-hydrogen) atoms. The van der Waals surface area contributed by atoms with Crippen molar-refractivity contribution in [3.8, 4) is 6.07 Å². The van der Waals surface area contributed by atoms with Crippen LogP contribution in [0.4, 0.5) is 5.82 Å². The molecule has 0 saturated carbocycles. The average Bonchev–Trinajstić information content (AvgIpc) is 2.41. The topological polar surface area (TPSA) is 82.8 Å². The van der Waals surface area contributed by atoms with Crippen LogP contribution in [0.1, 0.15) is 11.1 Å². The van der Waals surface area contributed by atoms with Crippen molar-refractivity contribution in [3.05, 3.63) is 52.1 Å². The lowest BCUT2D eigenvalue weighted by Gasteiger charge is -2.10. The summed E-state index contributed by atoms with van der Waals surface area (Å²) >= 11 is 3.22. The fourth-order valence-electron chi connectivity index (χ4n) is 1.59. The molecule has 0 fully saturated rings. The van der Waals surface area contributed by atoms with Crippen LogP contribution >= 0.6 is 15.9 Å². The maximum atomic E-state index is 12.3. The Hall–Kier alpha value is -1.91. The van der Waals surface area contributed by atoms with Crippen LogP contribution in [0.5, 0.6) is 0 Å². The van der Waals surface area contributed by atoms with Crippen molar-refractivity contribution in [2.75, 3.05) is 4.72 Å². The Morgan fingerprint density at radius 2 is 2.05 bits per heavy atom. The number of aromatic nitrogens is 1. The largest absolute Gasteiger partial charge is 0.263 e. The molecule has 0 amide bonds. The normalized spacial score (nSPS) is 10.8. The molecule has 2 aromatic rings. The van der Waals surface area contributed by atoms with Gasteiger partial charge in [0.2, 0.25) is 0 Å². The van der Waals surface area contributed by atoms with Gasteiger partial charge in [-0.1, -0.05) is 6.07 Å². The molecule has 0 bridgehead atoms.